The number of carbonyl (C=O) groups excluding carboxylic acids is 1. The lowest BCUT2D eigenvalue weighted by molar-refractivity contribution is -0.149. The lowest BCUT2D eigenvalue weighted by Gasteiger charge is -2.23. The molecule has 2 aliphatic rings. The summed E-state index contributed by atoms with van der Waals surface area (Å²) in [5.74, 6) is -0.891. The normalized spacial score (nSPS) is 26.7. The van der Waals surface area contributed by atoms with Gasteiger partial charge in [-0.05, 0) is 31.7 Å². The summed E-state index contributed by atoms with van der Waals surface area (Å²) < 4.78 is 1.57. The van der Waals surface area contributed by atoms with Crippen LogP contribution in [-0.4, -0.2) is 49.6 Å². The second-order valence-corrected chi connectivity index (χ2v) is 6.63. The summed E-state index contributed by atoms with van der Waals surface area (Å²) >= 11 is 0. The molecule has 1 aliphatic carbocycles. The van der Waals surface area contributed by atoms with Gasteiger partial charge in [0.1, 0.15) is 5.56 Å². The van der Waals surface area contributed by atoms with Crippen LogP contribution in [0.2, 0.25) is 0 Å². The Morgan fingerprint density at radius 2 is 2.26 bits per heavy atom. The van der Waals surface area contributed by atoms with Crippen molar-refractivity contribution in [3.05, 3.63) is 29.7 Å². The van der Waals surface area contributed by atoms with Crippen LogP contribution in [0.3, 0.4) is 0 Å². The van der Waals surface area contributed by atoms with Gasteiger partial charge in [0, 0.05) is 25.0 Å². The molecule has 4 rings (SSSR count). The van der Waals surface area contributed by atoms with Crippen LogP contribution in [0.5, 0.6) is 0 Å². The van der Waals surface area contributed by atoms with Crippen LogP contribution in [0.15, 0.2) is 18.5 Å². The summed E-state index contributed by atoms with van der Waals surface area (Å²) in [5, 5.41) is 13.8. The van der Waals surface area contributed by atoms with Gasteiger partial charge in [0.05, 0.1) is 11.6 Å². The van der Waals surface area contributed by atoms with Crippen molar-refractivity contribution in [2.45, 2.75) is 26.2 Å². The van der Waals surface area contributed by atoms with E-state index in [9.17, 15) is 14.7 Å². The Balaban J connectivity index is 1.67. The molecule has 2 atom stereocenters. The van der Waals surface area contributed by atoms with Gasteiger partial charge in [-0.3, -0.25) is 9.59 Å². The van der Waals surface area contributed by atoms with E-state index in [1.54, 1.807) is 15.6 Å². The maximum Gasteiger partial charge on any atom is 0.311 e. The Labute approximate surface area is 132 Å². The lowest BCUT2D eigenvalue weighted by atomic mass is 9.81. The van der Waals surface area contributed by atoms with Crippen LogP contribution < -0.4 is 0 Å². The highest BCUT2D eigenvalue weighted by Gasteiger charge is 2.56. The molecule has 3 heterocycles. The van der Waals surface area contributed by atoms with E-state index in [1.165, 1.54) is 6.20 Å². The van der Waals surface area contributed by atoms with Crippen LogP contribution in [0.25, 0.3) is 5.65 Å². The molecule has 1 saturated carbocycles. The summed E-state index contributed by atoms with van der Waals surface area (Å²) in [7, 11) is 0. The van der Waals surface area contributed by atoms with E-state index in [0.717, 1.165) is 18.5 Å². The highest BCUT2D eigenvalue weighted by atomic mass is 16.4. The molecule has 7 nitrogen and oxygen atoms in total. The molecule has 1 saturated heterocycles. The molecule has 0 unspecified atom stereocenters. The molecule has 120 valence electrons. The first-order chi connectivity index (χ1) is 11.0. The average molecular weight is 314 g/mol. The fraction of sp³-hybridized carbons (Fsp3) is 0.500. The van der Waals surface area contributed by atoms with Crippen molar-refractivity contribution in [2.75, 3.05) is 13.1 Å². The van der Waals surface area contributed by atoms with Gasteiger partial charge in [-0.1, -0.05) is 6.42 Å². The molecule has 1 N–H and O–H groups in total. The average Bonchev–Trinajstić information content (AvgIpc) is 3.17. The van der Waals surface area contributed by atoms with E-state index < -0.39 is 11.4 Å². The van der Waals surface area contributed by atoms with Crippen molar-refractivity contribution in [3.63, 3.8) is 0 Å². The minimum Gasteiger partial charge on any atom is -0.481 e. The predicted molar refractivity (Wildman–Crippen MR) is 81.0 cm³/mol. The van der Waals surface area contributed by atoms with Crippen LogP contribution in [-0.2, 0) is 4.79 Å². The summed E-state index contributed by atoms with van der Waals surface area (Å²) in [5.41, 5.74) is 1.01. The fourth-order valence-corrected chi connectivity index (χ4v) is 4.07. The number of fused-ring (bicyclic) bond motifs is 2. The summed E-state index contributed by atoms with van der Waals surface area (Å²) in [4.78, 5) is 30.7. The van der Waals surface area contributed by atoms with Gasteiger partial charge in [0.15, 0.2) is 5.65 Å². The zero-order valence-electron chi connectivity index (χ0n) is 12.9. The SMILES string of the molecule is Cc1ccn2ncc(C(=O)N3C[C@@H]4CCC[C@@]4(C(=O)O)C3)c2n1. The van der Waals surface area contributed by atoms with Gasteiger partial charge >= 0.3 is 5.97 Å². The number of aliphatic carboxylic acids is 1. The molecule has 2 fully saturated rings. The first kappa shape index (κ1) is 14.2. The smallest absolute Gasteiger partial charge is 0.311 e. The van der Waals surface area contributed by atoms with Crippen LogP contribution >= 0.6 is 0 Å². The molecule has 23 heavy (non-hydrogen) atoms. The third kappa shape index (κ3) is 1.95. The van der Waals surface area contributed by atoms with Gasteiger partial charge in [0.2, 0.25) is 0 Å². The second-order valence-electron chi connectivity index (χ2n) is 6.63. The molecular formula is C16H18N4O3. The van der Waals surface area contributed by atoms with Crippen LogP contribution in [0, 0.1) is 18.3 Å². The number of carboxylic acid groups (broad SMARTS) is 1. The zero-order valence-corrected chi connectivity index (χ0v) is 12.9. The molecule has 1 amide bonds. The lowest BCUT2D eigenvalue weighted by Crippen LogP contribution is -2.37. The number of rotatable bonds is 2. The van der Waals surface area contributed by atoms with Crippen molar-refractivity contribution >= 4 is 17.5 Å². The Morgan fingerprint density at radius 3 is 3.00 bits per heavy atom. The van der Waals surface area contributed by atoms with Crippen molar-refractivity contribution in [1.29, 1.82) is 0 Å². The summed E-state index contributed by atoms with van der Waals surface area (Å²) in [6.45, 7) is 2.66. The van der Waals surface area contributed by atoms with Crippen LogP contribution in [0.1, 0.15) is 35.3 Å². The maximum atomic E-state index is 12.9. The Hall–Kier alpha value is -2.44. The number of amides is 1. The molecular weight excluding hydrogens is 296 g/mol. The first-order valence-corrected chi connectivity index (χ1v) is 7.85. The maximum absolute atomic E-state index is 12.9. The number of aromatic nitrogens is 3. The van der Waals surface area contributed by atoms with Gasteiger partial charge < -0.3 is 10.0 Å². The Bertz CT molecular complexity index is 815. The van der Waals surface area contributed by atoms with E-state index >= 15 is 0 Å². The minimum absolute atomic E-state index is 0.0560. The van der Waals surface area contributed by atoms with Crippen molar-refractivity contribution < 1.29 is 14.7 Å². The van der Waals surface area contributed by atoms with Crippen LogP contribution in [0.4, 0.5) is 0 Å². The standard InChI is InChI=1S/C16H18N4O3/c1-10-4-6-20-13(18-10)12(7-17-20)14(21)19-8-11-3-2-5-16(11,9-19)15(22)23/h4,6-7,11H,2-3,5,8-9H2,1H3,(H,22,23)/t11-,16+/m0/s1. The third-order valence-electron chi connectivity index (χ3n) is 5.32. The summed E-state index contributed by atoms with van der Waals surface area (Å²) in [6, 6.07) is 1.83. The molecule has 7 heteroatoms. The molecule has 1 aliphatic heterocycles. The van der Waals surface area contributed by atoms with Crippen molar-refractivity contribution in [2.24, 2.45) is 11.3 Å². The highest BCUT2D eigenvalue weighted by Crippen LogP contribution is 2.49. The molecule has 2 aromatic rings. The second kappa shape index (κ2) is 4.78. The molecule has 0 aromatic carbocycles. The number of nitrogens with zero attached hydrogens (tertiary/aromatic N) is 4. The van der Waals surface area contributed by atoms with Crippen molar-refractivity contribution in [1.82, 2.24) is 19.5 Å². The first-order valence-electron chi connectivity index (χ1n) is 7.85. The number of likely N-dealkylation sites (tertiary alicyclic amines) is 1. The van der Waals surface area contributed by atoms with Gasteiger partial charge in [-0.2, -0.15) is 5.10 Å². The van der Waals surface area contributed by atoms with Gasteiger partial charge in [-0.25, -0.2) is 9.50 Å². The molecule has 2 aromatic heterocycles. The largest absolute Gasteiger partial charge is 0.481 e. The number of hydrogen-bond donors (Lipinski definition) is 1. The number of aryl methyl sites for hydroxylation is 1. The van der Waals surface area contributed by atoms with E-state index in [4.69, 9.17) is 0 Å². The summed E-state index contributed by atoms with van der Waals surface area (Å²) in [6.07, 6.45) is 5.75. The van der Waals surface area contributed by atoms with E-state index in [1.807, 2.05) is 13.0 Å². The molecule has 0 spiro atoms. The topological polar surface area (TPSA) is 87.8 Å². The number of carboxylic acids is 1. The van der Waals surface area contributed by atoms with E-state index in [2.05, 4.69) is 10.1 Å². The quantitative estimate of drug-likeness (QED) is 0.904. The number of carbonyl (C=O) groups is 2. The molecule has 0 bridgehead atoms. The molecule has 0 radical (unpaired) electrons. The fourth-order valence-electron chi connectivity index (χ4n) is 4.07. The third-order valence-corrected chi connectivity index (χ3v) is 5.32. The zero-order chi connectivity index (χ0) is 16.2. The van der Waals surface area contributed by atoms with Crippen molar-refractivity contribution in [3.8, 4) is 0 Å². The number of hydrogen-bond acceptors (Lipinski definition) is 4. The Morgan fingerprint density at radius 1 is 1.43 bits per heavy atom. The monoisotopic (exact) mass is 314 g/mol. The minimum atomic E-state index is -0.774. The van der Waals surface area contributed by atoms with Gasteiger partial charge in [0.25, 0.3) is 5.91 Å². The predicted octanol–water partition coefficient (Wildman–Crippen LogP) is 1.36. The highest BCUT2D eigenvalue weighted by molar-refractivity contribution is 6.00. The Kier molecular flexibility index (Phi) is 2.94. The van der Waals surface area contributed by atoms with E-state index in [-0.39, 0.29) is 18.4 Å². The van der Waals surface area contributed by atoms with Gasteiger partial charge in [-0.15, -0.1) is 0 Å². The van der Waals surface area contributed by atoms with E-state index in [0.29, 0.717) is 24.2 Å².